The van der Waals surface area contributed by atoms with Gasteiger partial charge in [-0.05, 0) is 23.8 Å². The van der Waals surface area contributed by atoms with E-state index < -0.39 is 0 Å². The highest BCUT2D eigenvalue weighted by Gasteiger charge is 2.14. The number of pyridine rings is 2. The summed E-state index contributed by atoms with van der Waals surface area (Å²) in [4.78, 5) is 15.9. The highest BCUT2D eigenvalue weighted by molar-refractivity contribution is 6.38. The number of benzene rings is 1. The third-order valence-corrected chi connectivity index (χ3v) is 4.02. The lowest BCUT2D eigenvalue weighted by Crippen LogP contribution is -2.15. The summed E-state index contributed by atoms with van der Waals surface area (Å²) < 4.78 is 7.27. The second kappa shape index (κ2) is 6.52. The zero-order chi connectivity index (χ0) is 17.3. The normalized spacial score (nSPS) is 10.6. The largest absolute Gasteiger partial charge is 0.487 e. The van der Waals surface area contributed by atoms with E-state index in [1.54, 1.807) is 31.4 Å². The lowest BCUT2D eigenvalue weighted by molar-refractivity contribution is 0.308. The molecule has 5 nitrogen and oxygen atoms in total. The molecule has 1 aromatic carbocycles. The molecule has 0 spiro atoms. The van der Waals surface area contributed by atoms with Crippen molar-refractivity contribution in [2.75, 3.05) is 0 Å². The van der Waals surface area contributed by atoms with E-state index in [1.165, 1.54) is 16.8 Å². The first-order valence-corrected chi connectivity index (χ1v) is 7.71. The number of nitriles is 1. The van der Waals surface area contributed by atoms with Crippen LogP contribution in [0.5, 0.6) is 5.75 Å². The molecular formula is C17H11Cl2N3O2. The molecule has 0 radical (unpaired) electrons. The summed E-state index contributed by atoms with van der Waals surface area (Å²) in [6, 6.07) is 8.53. The van der Waals surface area contributed by atoms with Crippen molar-refractivity contribution < 1.29 is 4.74 Å². The van der Waals surface area contributed by atoms with Gasteiger partial charge in [0.1, 0.15) is 24.0 Å². The van der Waals surface area contributed by atoms with Crippen LogP contribution in [-0.2, 0) is 13.7 Å². The standard InChI is InChI=1S/C17H11Cl2N3O2/c1-22-3-2-10(4-15(22)23)9-24-17-11(7-20)8-21-16-13(17)5-12(18)6-14(16)19/h2-6,8H,9H2,1H3. The molecule has 0 aliphatic rings. The molecule has 2 heterocycles. The number of nitrogens with zero attached hydrogens (tertiary/aromatic N) is 3. The zero-order valence-corrected chi connectivity index (χ0v) is 14.1. The zero-order valence-electron chi connectivity index (χ0n) is 12.6. The van der Waals surface area contributed by atoms with Gasteiger partial charge in [0.2, 0.25) is 0 Å². The van der Waals surface area contributed by atoms with Crippen LogP contribution in [0, 0.1) is 11.3 Å². The Morgan fingerprint density at radius 2 is 2.12 bits per heavy atom. The van der Waals surface area contributed by atoms with Crippen LogP contribution in [-0.4, -0.2) is 9.55 Å². The van der Waals surface area contributed by atoms with Gasteiger partial charge in [0.05, 0.1) is 10.5 Å². The molecule has 120 valence electrons. The van der Waals surface area contributed by atoms with E-state index in [1.807, 2.05) is 6.07 Å². The molecule has 0 saturated carbocycles. The second-order valence-electron chi connectivity index (χ2n) is 5.17. The molecule has 0 aliphatic carbocycles. The van der Waals surface area contributed by atoms with Gasteiger partial charge in [-0.15, -0.1) is 0 Å². The van der Waals surface area contributed by atoms with Gasteiger partial charge in [0.25, 0.3) is 5.56 Å². The van der Waals surface area contributed by atoms with Crippen molar-refractivity contribution in [1.82, 2.24) is 9.55 Å². The Morgan fingerprint density at radius 1 is 1.33 bits per heavy atom. The van der Waals surface area contributed by atoms with Crippen LogP contribution in [0.4, 0.5) is 0 Å². The van der Waals surface area contributed by atoms with Crippen LogP contribution < -0.4 is 10.3 Å². The molecule has 0 N–H and O–H groups in total. The first-order chi connectivity index (χ1) is 11.5. The van der Waals surface area contributed by atoms with Gasteiger partial charge < -0.3 is 9.30 Å². The summed E-state index contributed by atoms with van der Waals surface area (Å²) in [7, 11) is 1.67. The predicted octanol–water partition coefficient (Wildman–Crippen LogP) is 3.69. The van der Waals surface area contributed by atoms with Gasteiger partial charge >= 0.3 is 0 Å². The van der Waals surface area contributed by atoms with E-state index in [0.717, 1.165) is 0 Å². The number of aromatic nitrogens is 2. The van der Waals surface area contributed by atoms with Gasteiger partial charge in [-0.1, -0.05) is 23.2 Å². The lowest BCUT2D eigenvalue weighted by Gasteiger charge is -2.12. The van der Waals surface area contributed by atoms with Gasteiger partial charge in [0, 0.05) is 35.9 Å². The predicted molar refractivity (Wildman–Crippen MR) is 92.5 cm³/mol. The van der Waals surface area contributed by atoms with E-state index >= 15 is 0 Å². The minimum absolute atomic E-state index is 0.133. The average Bonchev–Trinajstić information content (AvgIpc) is 2.55. The van der Waals surface area contributed by atoms with E-state index in [9.17, 15) is 10.1 Å². The molecule has 0 bridgehead atoms. The fourth-order valence-corrected chi connectivity index (χ4v) is 2.82. The average molecular weight is 360 g/mol. The minimum atomic E-state index is -0.137. The van der Waals surface area contributed by atoms with Crippen LogP contribution >= 0.6 is 23.2 Å². The first-order valence-electron chi connectivity index (χ1n) is 6.96. The molecule has 3 rings (SSSR count). The molecule has 0 amide bonds. The van der Waals surface area contributed by atoms with Crippen molar-refractivity contribution in [1.29, 1.82) is 5.26 Å². The highest BCUT2D eigenvalue weighted by atomic mass is 35.5. The monoisotopic (exact) mass is 359 g/mol. The van der Waals surface area contributed by atoms with Crippen LogP contribution in [0.3, 0.4) is 0 Å². The van der Waals surface area contributed by atoms with E-state index in [-0.39, 0.29) is 17.7 Å². The van der Waals surface area contributed by atoms with Gasteiger partial charge in [-0.3, -0.25) is 9.78 Å². The first kappa shape index (κ1) is 16.3. The van der Waals surface area contributed by atoms with E-state index in [4.69, 9.17) is 27.9 Å². The second-order valence-corrected chi connectivity index (χ2v) is 6.01. The number of hydrogen-bond acceptors (Lipinski definition) is 4. The fraction of sp³-hybridized carbons (Fsp3) is 0.118. The summed E-state index contributed by atoms with van der Waals surface area (Å²) >= 11 is 12.2. The Hall–Kier alpha value is -2.55. The molecule has 3 aromatic rings. The molecule has 0 fully saturated rings. The summed E-state index contributed by atoms with van der Waals surface area (Å²) in [6.45, 7) is 0.133. The third-order valence-electron chi connectivity index (χ3n) is 3.51. The van der Waals surface area contributed by atoms with E-state index in [0.29, 0.717) is 32.3 Å². The minimum Gasteiger partial charge on any atom is -0.487 e. The summed E-state index contributed by atoms with van der Waals surface area (Å²) in [5, 5.41) is 10.7. The van der Waals surface area contributed by atoms with Crippen molar-refractivity contribution in [3.63, 3.8) is 0 Å². The Balaban J connectivity index is 2.05. The quantitative estimate of drug-likeness (QED) is 0.714. The molecule has 0 unspecified atom stereocenters. The highest BCUT2D eigenvalue weighted by Crippen LogP contribution is 2.34. The molecule has 24 heavy (non-hydrogen) atoms. The maximum atomic E-state index is 11.7. The number of fused-ring (bicyclic) bond motifs is 1. The Labute approximate surface area is 147 Å². The summed E-state index contributed by atoms with van der Waals surface area (Å²) in [6.07, 6.45) is 3.06. The van der Waals surface area contributed by atoms with Crippen LogP contribution in [0.2, 0.25) is 10.0 Å². The number of rotatable bonds is 3. The van der Waals surface area contributed by atoms with Crippen LogP contribution in [0.1, 0.15) is 11.1 Å². The summed E-state index contributed by atoms with van der Waals surface area (Å²) in [5.74, 6) is 0.340. The van der Waals surface area contributed by atoms with Crippen molar-refractivity contribution >= 4 is 34.1 Å². The van der Waals surface area contributed by atoms with Crippen molar-refractivity contribution in [2.45, 2.75) is 6.61 Å². The van der Waals surface area contributed by atoms with Crippen molar-refractivity contribution in [2.24, 2.45) is 7.05 Å². The smallest absolute Gasteiger partial charge is 0.250 e. The molecule has 2 aromatic heterocycles. The lowest BCUT2D eigenvalue weighted by atomic mass is 10.1. The molecule has 0 saturated heterocycles. The number of halogens is 2. The topological polar surface area (TPSA) is 67.9 Å². The Morgan fingerprint density at radius 3 is 2.83 bits per heavy atom. The maximum Gasteiger partial charge on any atom is 0.250 e. The number of aryl methyl sites for hydroxylation is 1. The molecular weight excluding hydrogens is 349 g/mol. The Kier molecular flexibility index (Phi) is 4.43. The van der Waals surface area contributed by atoms with Gasteiger partial charge in [-0.25, -0.2) is 0 Å². The van der Waals surface area contributed by atoms with Crippen molar-refractivity contribution in [3.05, 3.63) is 68.2 Å². The van der Waals surface area contributed by atoms with Gasteiger partial charge in [-0.2, -0.15) is 5.26 Å². The SMILES string of the molecule is Cn1ccc(COc2c(C#N)cnc3c(Cl)cc(Cl)cc23)cc1=O. The Bertz CT molecular complexity index is 1040. The maximum absolute atomic E-state index is 11.7. The van der Waals surface area contributed by atoms with Crippen molar-refractivity contribution in [3.8, 4) is 11.8 Å². The van der Waals surface area contributed by atoms with Crippen LogP contribution in [0.25, 0.3) is 10.9 Å². The molecule has 7 heteroatoms. The van der Waals surface area contributed by atoms with Crippen LogP contribution in [0.15, 0.2) is 41.5 Å². The van der Waals surface area contributed by atoms with E-state index in [2.05, 4.69) is 4.98 Å². The molecule has 0 atom stereocenters. The molecule has 0 aliphatic heterocycles. The third kappa shape index (κ3) is 3.07. The van der Waals surface area contributed by atoms with Gasteiger partial charge in [0.15, 0.2) is 0 Å². The number of ether oxygens (including phenoxy) is 1. The summed E-state index contributed by atoms with van der Waals surface area (Å²) in [5.41, 5.74) is 1.33. The fourth-order valence-electron chi connectivity index (χ4n) is 2.27. The number of hydrogen-bond donors (Lipinski definition) is 0.